The molecule has 1 aromatic carbocycles. The minimum atomic E-state index is -4.27. The zero-order valence-corrected chi connectivity index (χ0v) is 10.2. The SMILES string of the molecule is CC(C)(C)Oc1ccc(S(=O)(=O)O)c(N)c1. The van der Waals surface area contributed by atoms with E-state index in [0.29, 0.717) is 5.75 Å². The van der Waals surface area contributed by atoms with E-state index in [2.05, 4.69) is 0 Å². The Balaban J connectivity index is 3.10. The third-order valence-electron chi connectivity index (χ3n) is 1.68. The van der Waals surface area contributed by atoms with Gasteiger partial charge in [-0.05, 0) is 32.9 Å². The molecule has 0 aliphatic rings. The van der Waals surface area contributed by atoms with Crippen LogP contribution in [0.1, 0.15) is 20.8 Å². The van der Waals surface area contributed by atoms with Crippen molar-refractivity contribution in [1.82, 2.24) is 0 Å². The van der Waals surface area contributed by atoms with Crippen LogP contribution in [0.15, 0.2) is 23.1 Å². The number of benzene rings is 1. The first kappa shape index (κ1) is 12.8. The first-order valence-electron chi connectivity index (χ1n) is 4.65. The fourth-order valence-corrected chi connectivity index (χ4v) is 1.78. The maximum atomic E-state index is 10.9. The van der Waals surface area contributed by atoms with Crippen molar-refractivity contribution in [3.05, 3.63) is 18.2 Å². The molecule has 1 aromatic rings. The standard InChI is InChI=1S/C10H15NO4S/c1-10(2,3)15-7-4-5-9(8(11)6-7)16(12,13)14/h4-6H,11H2,1-3H3,(H,12,13,14). The number of anilines is 1. The Morgan fingerprint density at radius 2 is 1.88 bits per heavy atom. The van der Waals surface area contributed by atoms with Crippen LogP contribution in [0.3, 0.4) is 0 Å². The van der Waals surface area contributed by atoms with Crippen molar-refractivity contribution in [1.29, 1.82) is 0 Å². The molecule has 0 bridgehead atoms. The van der Waals surface area contributed by atoms with Gasteiger partial charge in [0.2, 0.25) is 0 Å². The molecule has 1 rings (SSSR count). The molecule has 6 heteroatoms. The summed E-state index contributed by atoms with van der Waals surface area (Å²) in [5.41, 5.74) is 5.07. The minimum absolute atomic E-state index is 0.0377. The zero-order chi connectivity index (χ0) is 12.6. The van der Waals surface area contributed by atoms with Gasteiger partial charge in [-0.15, -0.1) is 0 Å². The fraction of sp³-hybridized carbons (Fsp3) is 0.400. The molecule has 16 heavy (non-hydrogen) atoms. The molecular formula is C10H15NO4S. The molecule has 0 atom stereocenters. The lowest BCUT2D eigenvalue weighted by atomic mass is 10.2. The molecule has 0 heterocycles. The van der Waals surface area contributed by atoms with E-state index in [0.717, 1.165) is 0 Å². The molecule has 0 amide bonds. The van der Waals surface area contributed by atoms with Crippen LogP contribution in [-0.2, 0) is 10.1 Å². The van der Waals surface area contributed by atoms with Crippen LogP contribution in [-0.4, -0.2) is 18.6 Å². The van der Waals surface area contributed by atoms with Gasteiger partial charge in [0.15, 0.2) is 0 Å². The number of rotatable bonds is 2. The van der Waals surface area contributed by atoms with Crippen LogP contribution in [0, 0.1) is 0 Å². The van der Waals surface area contributed by atoms with Crippen molar-refractivity contribution in [3.8, 4) is 5.75 Å². The van der Waals surface area contributed by atoms with Crippen molar-refractivity contribution >= 4 is 15.8 Å². The lowest BCUT2D eigenvalue weighted by molar-refractivity contribution is 0.131. The van der Waals surface area contributed by atoms with Gasteiger partial charge in [0.25, 0.3) is 10.1 Å². The normalized spacial score (nSPS) is 12.5. The Bertz CT molecular complexity index is 488. The molecule has 0 radical (unpaired) electrons. The van der Waals surface area contributed by atoms with Crippen LogP contribution < -0.4 is 10.5 Å². The predicted octanol–water partition coefficient (Wildman–Crippen LogP) is 1.69. The molecule has 0 spiro atoms. The van der Waals surface area contributed by atoms with E-state index in [4.69, 9.17) is 15.0 Å². The van der Waals surface area contributed by atoms with E-state index in [1.807, 2.05) is 20.8 Å². The summed E-state index contributed by atoms with van der Waals surface area (Å²) < 4.78 is 36.1. The van der Waals surface area contributed by atoms with Crippen molar-refractivity contribution in [3.63, 3.8) is 0 Å². The van der Waals surface area contributed by atoms with Crippen LogP contribution >= 0.6 is 0 Å². The van der Waals surface area contributed by atoms with Crippen LogP contribution in [0.25, 0.3) is 0 Å². The lowest BCUT2D eigenvalue weighted by Gasteiger charge is -2.21. The quantitative estimate of drug-likeness (QED) is 0.611. The topological polar surface area (TPSA) is 89.6 Å². The zero-order valence-electron chi connectivity index (χ0n) is 9.39. The van der Waals surface area contributed by atoms with Gasteiger partial charge in [0.05, 0.1) is 5.69 Å². The van der Waals surface area contributed by atoms with Crippen LogP contribution in [0.5, 0.6) is 5.75 Å². The first-order valence-corrected chi connectivity index (χ1v) is 6.10. The monoisotopic (exact) mass is 245 g/mol. The molecule has 0 aliphatic heterocycles. The smallest absolute Gasteiger partial charge is 0.296 e. The second kappa shape index (κ2) is 3.95. The second-order valence-electron chi connectivity index (χ2n) is 4.39. The highest BCUT2D eigenvalue weighted by atomic mass is 32.2. The lowest BCUT2D eigenvalue weighted by Crippen LogP contribution is -2.23. The molecule has 90 valence electrons. The molecule has 5 nitrogen and oxygen atoms in total. The van der Waals surface area contributed by atoms with E-state index in [1.165, 1.54) is 18.2 Å². The third kappa shape index (κ3) is 3.39. The maximum Gasteiger partial charge on any atom is 0.296 e. The summed E-state index contributed by atoms with van der Waals surface area (Å²) >= 11 is 0. The fourth-order valence-electron chi connectivity index (χ4n) is 1.18. The third-order valence-corrected chi connectivity index (χ3v) is 2.61. The molecule has 0 saturated carbocycles. The number of nitrogens with two attached hydrogens (primary N) is 1. The molecular weight excluding hydrogens is 230 g/mol. The number of ether oxygens (including phenoxy) is 1. The Hall–Kier alpha value is -1.27. The predicted molar refractivity (Wildman–Crippen MR) is 61.1 cm³/mol. The minimum Gasteiger partial charge on any atom is -0.488 e. The molecule has 0 fully saturated rings. The van der Waals surface area contributed by atoms with E-state index in [1.54, 1.807) is 0 Å². The average Bonchev–Trinajstić information content (AvgIpc) is 1.97. The van der Waals surface area contributed by atoms with Gasteiger partial charge in [-0.3, -0.25) is 4.55 Å². The highest BCUT2D eigenvalue weighted by Gasteiger charge is 2.16. The number of nitrogen functional groups attached to an aromatic ring is 1. The van der Waals surface area contributed by atoms with E-state index >= 15 is 0 Å². The largest absolute Gasteiger partial charge is 0.488 e. The highest BCUT2D eigenvalue weighted by Crippen LogP contribution is 2.26. The first-order chi connectivity index (χ1) is 7.09. The van der Waals surface area contributed by atoms with Crippen molar-refractivity contribution in [2.24, 2.45) is 0 Å². The van der Waals surface area contributed by atoms with Crippen LogP contribution in [0.2, 0.25) is 0 Å². The van der Waals surface area contributed by atoms with E-state index < -0.39 is 15.7 Å². The van der Waals surface area contributed by atoms with Gasteiger partial charge < -0.3 is 10.5 Å². The van der Waals surface area contributed by atoms with Gasteiger partial charge in [-0.25, -0.2) is 0 Å². The summed E-state index contributed by atoms with van der Waals surface area (Å²) in [6, 6.07) is 4.03. The number of hydrogen-bond acceptors (Lipinski definition) is 4. The summed E-state index contributed by atoms with van der Waals surface area (Å²) in [4.78, 5) is -0.311. The highest BCUT2D eigenvalue weighted by molar-refractivity contribution is 7.86. The summed E-state index contributed by atoms with van der Waals surface area (Å²) in [5.74, 6) is 0.456. The van der Waals surface area contributed by atoms with Crippen LogP contribution in [0.4, 0.5) is 5.69 Å². The molecule has 0 aromatic heterocycles. The molecule has 0 saturated heterocycles. The summed E-state index contributed by atoms with van der Waals surface area (Å²) in [7, 11) is -4.27. The summed E-state index contributed by atoms with van der Waals surface area (Å²) in [5, 5.41) is 0. The molecule has 0 aliphatic carbocycles. The summed E-state index contributed by atoms with van der Waals surface area (Å²) in [6.07, 6.45) is 0. The van der Waals surface area contributed by atoms with E-state index in [9.17, 15) is 8.42 Å². The van der Waals surface area contributed by atoms with Crippen molar-refractivity contribution in [2.45, 2.75) is 31.3 Å². The van der Waals surface area contributed by atoms with Gasteiger partial charge in [0.1, 0.15) is 16.2 Å². The molecule has 0 unspecified atom stereocenters. The van der Waals surface area contributed by atoms with Crippen molar-refractivity contribution in [2.75, 3.05) is 5.73 Å². The van der Waals surface area contributed by atoms with E-state index in [-0.39, 0.29) is 10.6 Å². The second-order valence-corrected chi connectivity index (χ2v) is 5.78. The summed E-state index contributed by atoms with van der Waals surface area (Å²) in [6.45, 7) is 5.58. The van der Waals surface area contributed by atoms with Gasteiger partial charge >= 0.3 is 0 Å². The molecule has 3 N–H and O–H groups in total. The Kier molecular flexibility index (Phi) is 3.16. The number of hydrogen-bond donors (Lipinski definition) is 2. The van der Waals surface area contributed by atoms with Gasteiger partial charge in [0, 0.05) is 6.07 Å². The Labute approximate surface area is 95.0 Å². The maximum absolute atomic E-state index is 10.9. The van der Waals surface area contributed by atoms with Gasteiger partial charge in [-0.2, -0.15) is 8.42 Å². The van der Waals surface area contributed by atoms with Gasteiger partial charge in [-0.1, -0.05) is 0 Å². The Morgan fingerprint density at radius 3 is 2.25 bits per heavy atom. The van der Waals surface area contributed by atoms with Crippen molar-refractivity contribution < 1.29 is 17.7 Å². The average molecular weight is 245 g/mol. The Morgan fingerprint density at radius 1 is 1.31 bits per heavy atom.